The Balaban J connectivity index is 1.92. The number of nitrogens with zero attached hydrogens (tertiary/aromatic N) is 1. The number of aryl methyl sites for hydroxylation is 1. The lowest BCUT2D eigenvalue weighted by Gasteiger charge is -2.12. The average molecular weight is 227 g/mol. The predicted octanol–water partition coefficient (Wildman–Crippen LogP) is 3.57. The average Bonchev–Trinajstić information content (AvgIpc) is 2.39. The lowest BCUT2D eigenvalue weighted by atomic mass is 10.1. The van der Waals surface area contributed by atoms with Gasteiger partial charge >= 0.3 is 0 Å². The van der Waals surface area contributed by atoms with Gasteiger partial charge in [0.1, 0.15) is 5.75 Å². The van der Waals surface area contributed by atoms with Crippen LogP contribution in [0.15, 0.2) is 48.7 Å². The number of benzene rings is 1. The van der Waals surface area contributed by atoms with Gasteiger partial charge in [0.15, 0.2) is 0 Å². The third kappa shape index (κ3) is 3.31. The number of ether oxygens (including phenoxy) is 1. The molecule has 1 aromatic heterocycles. The second-order valence-corrected chi connectivity index (χ2v) is 4.28. The lowest BCUT2D eigenvalue weighted by Crippen LogP contribution is -2.08. The van der Waals surface area contributed by atoms with Crippen LogP contribution in [-0.4, -0.2) is 11.6 Å². The van der Waals surface area contributed by atoms with Gasteiger partial charge in [0, 0.05) is 17.8 Å². The van der Waals surface area contributed by atoms with E-state index in [1.807, 2.05) is 36.5 Å². The van der Waals surface area contributed by atoms with Gasteiger partial charge in [-0.25, -0.2) is 0 Å². The van der Waals surface area contributed by atoms with Crippen molar-refractivity contribution in [1.29, 1.82) is 0 Å². The molecule has 2 aromatic rings. The highest BCUT2D eigenvalue weighted by atomic mass is 16.5. The molecular weight excluding hydrogens is 210 g/mol. The Labute approximate surface area is 102 Å². The summed E-state index contributed by atoms with van der Waals surface area (Å²) in [5, 5.41) is 0. The first kappa shape index (κ1) is 11.6. The SMILES string of the molecule is Cc1ccc(OCC(C)c2ccccn2)cc1. The smallest absolute Gasteiger partial charge is 0.119 e. The van der Waals surface area contributed by atoms with Crippen molar-refractivity contribution in [3.8, 4) is 5.75 Å². The Morgan fingerprint density at radius 3 is 2.53 bits per heavy atom. The van der Waals surface area contributed by atoms with Crippen molar-refractivity contribution in [2.75, 3.05) is 6.61 Å². The molecule has 2 nitrogen and oxygen atoms in total. The topological polar surface area (TPSA) is 22.1 Å². The highest BCUT2D eigenvalue weighted by molar-refractivity contribution is 5.26. The summed E-state index contributed by atoms with van der Waals surface area (Å²) in [6.45, 7) is 4.84. The van der Waals surface area contributed by atoms with E-state index in [-0.39, 0.29) is 0 Å². The molecule has 2 rings (SSSR count). The van der Waals surface area contributed by atoms with Gasteiger partial charge in [-0.05, 0) is 31.2 Å². The van der Waals surface area contributed by atoms with Gasteiger partial charge in [-0.15, -0.1) is 0 Å². The fraction of sp³-hybridized carbons (Fsp3) is 0.267. The molecule has 0 aliphatic heterocycles. The number of rotatable bonds is 4. The first-order chi connectivity index (χ1) is 8.25. The maximum absolute atomic E-state index is 5.74. The standard InChI is InChI=1S/C15H17NO/c1-12-6-8-14(9-7-12)17-11-13(2)15-5-3-4-10-16-15/h3-10,13H,11H2,1-2H3. The third-order valence-corrected chi connectivity index (χ3v) is 2.71. The summed E-state index contributed by atoms with van der Waals surface area (Å²) >= 11 is 0. The quantitative estimate of drug-likeness (QED) is 0.796. The van der Waals surface area contributed by atoms with E-state index in [0.29, 0.717) is 12.5 Å². The van der Waals surface area contributed by atoms with Gasteiger partial charge in [-0.3, -0.25) is 4.98 Å². The van der Waals surface area contributed by atoms with Crippen LogP contribution in [0.5, 0.6) is 5.75 Å². The van der Waals surface area contributed by atoms with Crippen LogP contribution in [-0.2, 0) is 0 Å². The minimum absolute atomic E-state index is 0.303. The van der Waals surface area contributed by atoms with Crippen LogP contribution in [0.25, 0.3) is 0 Å². The van der Waals surface area contributed by atoms with E-state index < -0.39 is 0 Å². The summed E-state index contributed by atoms with van der Waals surface area (Å²) in [4.78, 5) is 4.33. The molecule has 0 saturated carbocycles. The minimum atomic E-state index is 0.303. The van der Waals surface area contributed by atoms with Gasteiger partial charge in [0.25, 0.3) is 0 Å². The van der Waals surface area contributed by atoms with Crippen molar-refractivity contribution >= 4 is 0 Å². The largest absolute Gasteiger partial charge is 0.493 e. The Morgan fingerprint density at radius 1 is 1.12 bits per heavy atom. The molecule has 1 atom stereocenters. The van der Waals surface area contributed by atoms with Crippen LogP contribution in [0.2, 0.25) is 0 Å². The third-order valence-electron chi connectivity index (χ3n) is 2.71. The number of pyridine rings is 1. The molecule has 88 valence electrons. The first-order valence-corrected chi connectivity index (χ1v) is 5.86. The van der Waals surface area contributed by atoms with Crippen molar-refractivity contribution in [2.45, 2.75) is 19.8 Å². The van der Waals surface area contributed by atoms with Crippen LogP contribution in [0.1, 0.15) is 24.1 Å². The maximum atomic E-state index is 5.74. The molecule has 0 aliphatic rings. The second kappa shape index (κ2) is 5.48. The molecule has 0 bridgehead atoms. The zero-order chi connectivity index (χ0) is 12.1. The fourth-order valence-electron chi connectivity index (χ4n) is 1.61. The summed E-state index contributed by atoms with van der Waals surface area (Å²) in [7, 11) is 0. The Hall–Kier alpha value is -1.83. The van der Waals surface area contributed by atoms with Crippen LogP contribution >= 0.6 is 0 Å². The van der Waals surface area contributed by atoms with E-state index in [9.17, 15) is 0 Å². The molecule has 0 radical (unpaired) electrons. The summed E-state index contributed by atoms with van der Waals surface area (Å²) in [6.07, 6.45) is 1.82. The van der Waals surface area contributed by atoms with E-state index in [4.69, 9.17) is 4.74 Å². The molecule has 0 N–H and O–H groups in total. The van der Waals surface area contributed by atoms with Crippen molar-refractivity contribution in [1.82, 2.24) is 4.98 Å². The molecule has 1 aromatic carbocycles. The summed E-state index contributed by atoms with van der Waals surface area (Å²) in [6, 6.07) is 14.1. The molecule has 0 amide bonds. The lowest BCUT2D eigenvalue weighted by molar-refractivity contribution is 0.293. The van der Waals surface area contributed by atoms with Crippen LogP contribution in [0.3, 0.4) is 0 Å². The highest BCUT2D eigenvalue weighted by Crippen LogP contribution is 2.16. The van der Waals surface area contributed by atoms with Crippen molar-refractivity contribution in [3.05, 3.63) is 59.9 Å². The fourth-order valence-corrected chi connectivity index (χ4v) is 1.61. The number of aromatic nitrogens is 1. The molecule has 17 heavy (non-hydrogen) atoms. The van der Waals surface area contributed by atoms with E-state index >= 15 is 0 Å². The molecule has 2 heteroatoms. The number of hydrogen-bond acceptors (Lipinski definition) is 2. The van der Waals surface area contributed by atoms with Gasteiger partial charge < -0.3 is 4.74 Å². The molecular formula is C15H17NO. The predicted molar refractivity (Wildman–Crippen MR) is 69.3 cm³/mol. The highest BCUT2D eigenvalue weighted by Gasteiger charge is 2.06. The van der Waals surface area contributed by atoms with Crippen molar-refractivity contribution in [2.24, 2.45) is 0 Å². The monoisotopic (exact) mass is 227 g/mol. The molecule has 0 fully saturated rings. The molecule has 1 heterocycles. The summed E-state index contributed by atoms with van der Waals surface area (Å²) in [5.74, 6) is 1.22. The van der Waals surface area contributed by atoms with Gasteiger partial charge in [0.2, 0.25) is 0 Å². The molecule has 0 spiro atoms. The summed E-state index contributed by atoms with van der Waals surface area (Å²) in [5.41, 5.74) is 2.31. The normalized spacial score (nSPS) is 12.1. The second-order valence-electron chi connectivity index (χ2n) is 4.28. The van der Waals surface area contributed by atoms with Crippen LogP contribution < -0.4 is 4.74 Å². The Morgan fingerprint density at radius 2 is 1.88 bits per heavy atom. The Bertz CT molecular complexity index is 450. The van der Waals surface area contributed by atoms with E-state index in [1.165, 1.54) is 5.56 Å². The summed E-state index contributed by atoms with van der Waals surface area (Å²) < 4.78 is 5.74. The van der Waals surface area contributed by atoms with Gasteiger partial charge in [0.05, 0.1) is 6.61 Å². The first-order valence-electron chi connectivity index (χ1n) is 5.86. The molecule has 1 unspecified atom stereocenters. The number of hydrogen-bond donors (Lipinski definition) is 0. The van der Waals surface area contributed by atoms with Crippen molar-refractivity contribution < 1.29 is 4.74 Å². The zero-order valence-electron chi connectivity index (χ0n) is 10.3. The molecule has 0 aliphatic carbocycles. The van der Waals surface area contributed by atoms with E-state index in [1.54, 1.807) is 0 Å². The Kier molecular flexibility index (Phi) is 3.76. The van der Waals surface area contributed by atoms with E-state index in [2.05, 4.69) is 31.0 Å². The van der Waals surface area contributed by atoms with Crippen molar-refractivity contribution in [3.63, 3.8) is 0 Å². The van der Waals surface area contributed by atoms with Crippen LogP contribution in [0.4, 0.5) is 0 Å². The van der Waals surface area contributed by atoms with Crippen LogP contribution in [0, 0.1) is 6.92 Å². The van der Waals surface area contributed by atoms with E-state index in [0.717, 1.165) is 11.4 Å². The molecule has 0 saturated heterocycles. The maximum Gasteiger partial charge on any atom is 0.119 e. The van der Waals surface area contributed by atoms with Gasteiger partial charge in [-0.1, -0.05) is 30.7 Å². The zero-order valence-corrected chi connectivity index (χ0v) is 10.3. The minimum Gasteiger partial charge on any atom is -0.493 e. The van der Waals surface area contributed by atoms with Gasteiger partial charge in [-0.2, -0.15) is 0 Å².